The number of carbonyl (C=O) groups is 2. The minimum Gasteiger partial charge on any atom is -0.386 e. The number of aromatic nitrogens is 4. The van der Waals surface area contributed by atoms with E-state index in [9.17, 15) is 24.2 Å². The smallest absolute Gasteiger partial charge is 0.386 e. The van der Waals surface area contributed by atoms with Gasteiger partial charge in [-0.15, -0.1) is 0 Å². The SMILES string of the molecule is CC(C)(C)C(=O)NC(=O)Nc1ncnc2c1ncn2C1OC2COP(=O)(O)OC2C1O. The minimum absolute atomic E-state index is 0.0345. The Morgan fingerprint density at radius 2 is 2.03 bits per heavy atom. The Balaban J connectivity index is 1.56. The van der Waals surface area contributed by atoms with Gasteiger partial charge < -0.3 is 14.7 Å². The number of nitrogens with zero attached hydrogens (tertiary/aromatic N) is 4. The number of phosphoric acid groups is 1. The van der Waals surface area contributed by atoms with Crippen molar-refractivity contribution >= 4 is 36.7 Å². The van der Waals surface area contributed by atoms with Crippen LogP contribution in [0, 0.1) is 5.41 Å². The summed E-state index contributed by atoms with van der Waals surface area (Å²) in [6.07, 6.45) is -1.74. The van der Waals surface area contributed by atoms with Crippen LogP contribution in [0.3, 0.4) is 0 Å². The van der Waals surface area contributed by atoms with Gasteiger partial charge in [0.1, 0.15) is 24.6 Å². The van der Waals surface area contributed by atoms with Crippen LogP contribution in [0.2, 0.25) is 0 Å². The summed E-state index contributed by atoms with van der Waals surface area (Å²) in [6.45, 7) is 4.75. The lowest BCUT2D eigenvalue weighted by Gasteiger charge is -2.27. The Bertz CT molecular complexity index is 1080. The van der Waals surface area contributed by atoms with Crippen LogP contribution >= 0.6 is 7.82 Å². The zero-order valence-corrected chi connectivity index (χ0v) is 17.6. The van der Waals surface area contributed by atoms with Crippen LogP contribution in [0.5, 0.6) is 0 Å². The first-order chi connectivity index (χ1) is 14.5. The Kier molecular flexibility index (Phi) is 5.32. The van der Waals surface area contributed by atoms with Crippen molar-refractivity contribution in [2.45, 2.75) is 45.3 Å². The second-order valence-electron chi connectivity index (χ2n) is 8.09. The molecule has 3 amide bonds. The van der Waals surface area contributed by atoms with Crippen LogP contribution in [-0.2, 0) is 23.1 Å². The number of anilines is 1. The monoisotopic (exact) mass is 456 g/mol. The van der Waals surface area contributed by atoms with Gasteiger partial charge in [-0.2, -0.15) is 0 Å². The van der Waals surface area contributed by atoms with E-state index in [1.54, 1.807) is 20.8 Å². The molecule has 2 aliphatic rings. The van der Waals surface area contributed by atoms with Gasteiger partial charge in [-0.1, -0.05) is 20.8 Å². The summed E-state index contributed by atoms with van der Waals surface area (Å²) < 4.78 is 28.4. The van der Waals surface area contributed by atoms with Gasteiger partial charge in [0.25, 0.3) is 0 Å². The fourth-order valence-electron chi connectivity index (χ4n) is 3.12. The standard InChI is InChI=1S/C16H21N6O8P/c1-16(2,3)14(24)21-15(25)20-11-8-12(18-5-17-11)22(6-19-8)13-9(23)10-7(29-13)4-28-31(26,27)30-10/h5-7,9-10,13,23H,4H2,1-3H3,(H,26,27)(H2,17,18,20,21,24,25). The molecule has 4 rings (SSSR count). The van der Waals surface area contributed by atoms with Crippen molar-refractivity contribution in [3.63, 3.8) is 0 Å². The summed E-state index contributed by atoms with van der Waals surface area (Å²) in [4.78, 5) is 45.9. The largest absolute Gasteiger partial charge is 0.472 e. The third-order valence-electron chi connectivity index (χ3n) is 4.74. The van der Waals surface area contributed by atoms with E-state index in [4.69, 9.17) is 13.8 Å². The van der Waals surface area contributed by atoms with Gasteiger partial charge in [0.2, 0.25) is 5.91 Å². The van der Waals surface area contributed by atoms with Crippen molar-refractivity contribution in [3.8, 4) is 0 Å². The lowest BCUT2D eigenvalue weighted by atomic mass is 9.96. The molecule has 14 nitrogen and oxygen atoms in total. The molecule has 2 saturated heterocycles. The lowest BCUT2D eigenvalue weighted by molar-refractivity contribution is -0.127. The quantitative estimate of drug-likeness (QED) is 0.455. The predicted octanol–water partition coefficient (Wildman–Crippen LogP) is 0.295. The number of rotatable bonds is 2. The molecule has 4 N–H and O–H groups in total. The Morgan fingerprint density at radius 1 is 1.29 bits per heavy atom. The fourth-order valence-corrected chi connectivity index (χ4v) is 4.09. The molecule has 2 aromatic rings. The van der Waals surface area contributed by atoms with E-state index in [2.05, 4.69) is 25.6 Å². The van der Waals surface area contributed by atoms with Crippen molar-refractivity contribution in [3.05, 3.63) is 12.7 Å². The molecule has 31 heavy (non-hydrogen) atoms. The second-order valence-corrected chi connectivity index (χ2v) is 9.50. The molecule has 5 unspecified atom stereocenters. The highest BCUT2D eigenvalue weighted by Gasteiger charge is 2.52. The molecular formula is C16H21N6O8P. The van der Waals surface area contributed by atoms with E-state index >= 15 is 0 Å². The molecular weight excluding hydrogens is 435 g/mol. The molecule has 4 heterocycles. The molecule has 0 spiro atoms. The first kappa shape index (κ1) is 21.7. The van der Waals surface area contributed by atoms with Crippen molar-refractivity contribution in [2.75, 3.05) is 11.9 Å². The third-order valence-corrected chi connectivity index (χ3v) is 5.72. The van der Waals surface area contributed by atoms with Gasteiger partial charge in [0, 0.05) is 5.41 Å². The number of ether oxygens (including phenoxy) is 1. The van der Waals surface area contributed by atoms with Crippen molar-refractivity contribution in [2.24, 2.45) is 5.41 Å². The first-order valence-corrected chi connectivity index (χ1v) is 10.7. The fraction of sp³-hybridized carbons (Fsp3) is 0.562. The number of fused-ring (bicyclic) bond motifs is 2. The minimum atomic E-state index is -4.27. The van der Waals surface area contributed by atoms with Crippen molar-refractivity contribution < 1.29 is 37.9 Å². The number of hydrogen-bond acceptors (Lipinski definition) is 10. The van der Waals surface area contributed by atoms with Crippen LogP contribution in [-0.4, -0.2) is 66.4 Å². The topological polar surface area (TPSA) is 187 Å². The molecule has 0 aliphatic carbocycles. The molecule has 0 bridgehead atoms. The van der Waals surface area contributed by atoms with Gasteiger partial charge in [-0.05, 0) is 0 Å². The zero-order chi connectivity index (χ0) is 22.6. The maximum Gasteiger partial charge on any atom is 0.472 e. The average molecular weight is 456 g/mol. The molecule has 0 saturated carbocycles. The number of hydrogen-bond donors (Lipinski definition) is 4. The number of carbonyl (C=O) groups excluding carboxylic acids is 2. The zero-order valence-electron chi connectivity index (χ0n) is 16.8. The van der Waals surface area contributed by atoms with Crippen molar-refractivity contribution in [1.82, 2.24) is 24.8 Å². The number of imide groups is 1. The maximum atomic E-state index is 12.2. The van der Waals surface area contributed by atoms with E-state index in [1.807, 2.05) is 0 Å². The van der Waals surface area contributed by atoms with Crippen LogP contribution in [0.4, 0.5) is 10.6 Å². The first-order valence-electron chi connectivity index (χ1n) is 9.25. The van der Waals surface area contributed by atoms with Crippen LogP contribution in [0.25, 0.3) is 11.2 Å². The van der Waals surface area contributed by atoms with Crippen LogP contribution < -0.4 is 10.6 Å². The van der Waals surface area contributed by atoms with Gasteiger partial charge in [-0.3, -0.25) is 29.0 Å². The second kappa shape index (κ2) is 7.58. The summed E-state index contributed by atoms with van der Waals surface area (Å²) in [5, 5.41) is 15.3. The molecule has 2 fully saturated rings. The van der Waals surface area contributed by atoms with E-state index in [-0.39, 0.29) is 23.6 Å². The van der Waals surface area contributed by atoms with Gasteiger partial charge in [-0.25, -0.2) is 24.3 Å². The summed E-state index contributed by atoms with van der Waals surface area (Å²) in [6, 6.07) is -0.790. The Hall–Kier alpha value is -2.48. The Morgan fingerprint density at radius 3 is 2.74 bits per heavy atom. The van der Waals surface area contributed by atoms with E-state index in [0.717, 1.165) is 6.33 Å². The highest BCUT2D eigenvalue weighted by molar-refractivity contribution is 7.47. The number of imidazole rings is 1. The summed E-state index contributed by atoms with van der Waals surface area (Å²) in [5.74, 6) is -0.443. The predicted molar refractivity (Wildman–Crippen MR) is 103 cm³/mol. The highest BCUT2D eigenvalue weighted by Crippen LogP contribution is 2.52. The molecule has 5 atom stereocenters. The number of amides is 3. The average Bonchev–Trinajstić information content (AvgIpc) is 3.22. The molecule has 0 radical (unpaired) electrons. The number of aliphatic hydroxyl groups excluding tert-OH is 1. The molecule has 168 valence electrons. The maximum absolute atomic E-state index is 12.2. The summed E-state index contributed by atoms with van der Waals surface area (Å²) in [5.41, 5.74) is -0.378. The van der Waals surface area contributed by atoms with E-state index in [0.29, 0.717) is 0 Å². The lowest BCUT2D eigenvalue weighted by Crippen LogP contribution is -2.41. The van der Waals surface area contributed by atoms with Crippen LogP contribution in [0.1, 0.15) is 27.0 Å². The summed E-state index contributed by atoms with van der Waals surface area (Å²) in [7, 11) is -4.27. The molecule has 2 aliphatic heterocycles. The van der Waals surface area contributed by atoms with E-state index in [1.165, 1.54) is 10.9 Å². The molecule has 15 heteroatoms. The van der Waals surface area contributed by atoms with E-state index < -0.39 is 49.7 Å². The Labute approximate surface area is 175 Å². The van der Waals surface area contributed by atoms with Crippen LogP contribution in [0.15, 0.2) is 12.7 Å². The normalized spacial score (nSPS) is 30.7. The number of nitrogens with one attached hydrogen (secondary N) is 2. The molecule has 0 aromatic carbocycles. The van der Waals surface area contributed by atoms with Crippen molar-refractivity contribution in [1.29, 1.82) is 0 Å². The van der Waals surface area contributed by atoms with Gasteiger partial charge in [0.15, 0.2) is 23.2 Å². The number of phosphoric ester groups is 1. The molecule has 2 aromatic heterocycles. The highest BCUT2D eigenvalue weighted by atomic mass is 31.2. The number of urea groups is 1. The number of aliphatic hydroxyl groups is 1. The summed E-state index contributed by atoms with van der Waals surface area (Å²) >= 11 is 0. The third kappa shape index (κ3) is 4.18. The van der Waals surface area contributed by atoms with Gasteiger partial charge >= 0.3 is 13.9 Å². The van der Waals surface area contributed by atoms with Gasteiger partial charge in [0.05, 0.1) is 12.9 Å².